The predicted molar refractivity (Wildman–Crippen MR) is 94.3 cm³/mol. The van der Waals surface area contributed by atoms with Gasteiger partial charge in [-0.3, -0.25) is 4.79 Å². The number of rotatable bonds is 7. The maximum Gasteiger partial charge on any atom is 0.220 e. The third kappa shape index (κ3) is 4.65. The molecule has 24 heavy (non-hydrogen) atoms. The van der Waals surface area contributed by atoms with E-state index >= 15 is 0 Å². The summed E-state index contributed by atoms with van der Waals surface area (Å²) >= 11 is 0. The van der Waals surface area contributed by atoms with Gasteiger partial charge < -0.3 is 14.8 Å². The second kappa shape index (κ2) is 8.41. The quantitative estimate of drug-likeness (QED) is 0.770. The molecule has 1 N–H and O–H groups in total. The van der Waals surface area contributed by atoms with Gasteiger partial charge in [0.25, 0.3) is 0 Å². The Bertz CT molecular complexity index is 528. The van der Waals surface area contributed by atoms with Gasteiger partial charge in [-0.15, -0.1) is 0 Å². The summed E-state index contributed by atoms with van der Waals surface area (Å²) < 4.78 is 10.8. The van der Waals surface area contributed by atoms with Crippen LogP contribution in [0.3, 0.4) is 0 Å². The molecule has 1 amide bonds. The highest BCUT2D eigenvalue weighted by atomic mass is 16.5. The van der Waals surface area contributed by atoms with Crippen LogP contribution in [0.2, 0.25) is 0 Å². The topological polar surface area (TPSA) is 47.6 Å². The molecule has 1 aromatic rings. The molecule has 3 unspecified atom stereocenters. The first kappa shape index (κ1) is 17.1. The monoisotopic (exact) mass is 331 g/mol. The highest BCUT2D eigenvalue weighted by Crippen LogP contribution is 2.42. The molecule has 4 nitrogen and oxygen atoms in total. The maximum absolute atomic E-state index is 12.1. The van der Waals surface area contributed by atoms with Crippen LogP contribution in [0.25, 0.3) is 0 Å². The Kier molecular flexibility index (Phi) is 6.00. The summed E-state index contributed by atoms with van der Waals surface area (Å²) in [5.74, 6) is 3.61. The Morgan fingerprint density at radius 3 is 2.62 bits per heavy atom. The van der Waals surface area contributed by atoms with Gasteiger partial charge >= 0.3 is 0 Å². The highest BCUT2D eigenvalue weighted by molar-refractivity contribution is 5.76. The summed E-state index contributed by atoms with van der Waals surface area (Å²) in [6.07, 6.45) is 9.11. The SMILES string of the molecule is COc1ccc(OCCCC(=O)NC2CCC3CCCC3C2)cc1. The molecule has 1 aromatic carbocycles. The normalized spacial score (nSPS) is 25.8. The van der Waals surface area contributed by atoms with Gasteiger partial charge in [-0.1, -0.05) is 19.3 Å². The fourth-order valence-electron chi connectivity index (χ4n) is 4.23. The number of hydrogen-bond acceptors (Lipinski definition) is 3. The molecule has 2 aliphatic carbocycles. The molecular formula is C20H29NO3. The van der Waals surface area contributed by atoms with E-state index in [4.69, 9.17) is 9.47 Å². The first-order valence-electron chi connectivity index (χ1n) is 9.31. The summed E-state index contributed by atoms with van der Waals surface area (Å²) in [6.45, 7) is 0.565. The van der Waals surface area contributed by atoms with Gasteiger partial charge in [-0.25, -0.2) is 0 Å². The summed E-state index contributed by atoms with van der Waals surface area (Å²) in [5.41, 5.74) is 0. The summed E-state index contributed by atoms with van der Waals surface area (Å²) in [4.78, 5) is 12.1. The van der Waals surface area contributed by atoms with Crippen LogP contribution in [0.15, 0.2) is 24.3 Å². The molecule has 0 bridgehead atoms. The summed E-state index contributed by atoms with van der Waals surface area (Å²) in [5, 5.41) is 3.23. The Balaban J connectivity index is 1.31. The van der Waals surface area contributed by atoms with Gasteiger partial charge in [0.2, 0.25) is 5.91 Å². The van der Waals surface area contributed by atoms with E-state index in [1.165, 1.54) is 32.1 Å². The van der Waals surface area contributed by atoms with Gasteiger partial charge in [-0.2, -0.15) is 0 Å². The molecule has 2 saturated carbocycles. The minimum atomic E-state index is 0.176. The summed E-state index contributed by atoms with van der Waals surface area (Å²) in [7, 11) is 1.65. The van der Waals surface area contributed by atoms with Gasteiger partial charge in [0, 0.05) is 12.5 Å². The van der Waals surface area contributed by atoms with Crippen LogP contribution in [-0.2, 0) is 4.79 Å². The van der Waals surface area contributed by atoms with E-state index < -0.39 is 0 Å². The summed E-state index contributed by atoms with van der Waals surface area (Å²) in [6, 6.07) is 7.93. The van der Waals surface area contributed by atoms with Crippen molar-refractivity contribution >= 4 is 5.91 Å². The van der Waals surface area contributed by atoms with Gasteiger partial charge in [0.05, 0.1) is 13.7 Å². The van der Waals surface area contributed by atoms with Crippen LogP contribution in [-0.4, -0.2) is 25.7 Å². The first-order valence-corrected chi connectivity index (χ1v) is 9.31. The van der Waals surface area contributed by atoms with Crippen molar-refractivity contribution in [1.29, 1.82) is 0 Å². The predicted octanol–water partition coefficient (Wildman–Crippen LogP) is 3.94. The van der Waals surface area contributed by atoms with E-state index in [-0.39, 0.29) is 5.91 Å². The number of hydrogen-bond donors (Lipinski definition) is 1. The smallest absolute Gasteiger partial charge is 0.220 e. The number of benzene rings is 1. The number of carbonyl (C=O) groups excluding carboxylic acids is 1. The lowest BCUT2D eigenvalue weighted by Crippen LogP contribution is -2.39. The Morgan fingerprint density at radius 1 is 1.08 bits per heavy atom. The zero-order valence-electron chi connectivity index (χ0n) is 14.6. The number of fused-ring (bicyclic) bond motifs is 1. The highest BCUT2D eigenvalue weighted by Gasteiger charge is 2.34. The maximum atomic E-state index is 12.1. The fourth-order valence-corrected chi connectivity index (χ4v) is 4.23. The van der Waals surface area contributed by atoms with Crippen molar-refractivity contribution in [3.8, 4) is 11.5 Å². The van der Waals surface area contributed by atoms with Gasteiger partial charge in [0.15, 0.2) is 0 Å². The number of methoxy groups -OCH3 is 1. The average molecular weight is 331 g/mol. The zero-order valence-corrected chi connectivity index (χ0v) is 14.6. The molecule has 3 rings (SSSR count). The minimum Gasteiger partial charge on any atom is -0.497 e. The molecule has 0 saturated heterocycles. The number of carbonyl (C=O) groups is 1. The van der Waals surface area contributed by atoms with Crippen LogP contribution >= 0.6 is 0 Å². The largest absolute Gasteiger partial charge is 0.497 e. The van der Waals surface area contributed by atoms with Crippen LogP contribution in [0.4, 0.5) is 0 Å². The average Bonchev–Trinajstić information content (AvgIpc) is 3.07. The zero-order chi connectivity index (χ0) is 16.8. The van der Waals surface area contributed by atoms with Crippen LogP contribution in [0.1, 0.15) is 51.4 Å². The molecule has 132 valence electrons. The minimum absolute atomic E-state index is 0.176. The van der Waals surface area contributed by atoms with E-state index in [9.17, 15) is 4.79 Å². The molecule has 0 heterocycles. The van der Waals surface area contributed by atoms with E-state index in [1.807, 2.05) is 24.3 Å². The van der Waals surface area contributed by atoms with Crippen molar-refractivity contribution in [1.82, 2.24) is 5.32 Å². The van der Waals surface area contributed by atoms with E-state index in [0.717, 1.165) is 36.2 Å². The molecule has 0 aliphatic heterocycles. The fraction of sp³-hybridized carbons (Fsp3) is 0.650. The Labute approximate surface area is 144 Å². The molecule has 0 spiro atoms. The van der Waals surface area contributed by atoms with Crippen molar-refractivity contribution < 1.29 is 14.3 Å². The molecule has 3 atom stereocenters. The molecule has 0 aromatic heterocycles. The Hall–Kier alpha value is -1.71. The second-order valence-corrected chi connectivity index (χ2v) is 7.16. The van der Waals surface area contributed by atoms with E-state index in [0.29, 0.717) is 19.1 Å². The van der Waals surface area contributed by atoms with E-state index in [2.05, 4.69) is 5.32 Å². The van der Waals surface area contributed by atoms with Crippen molar-refractivity contribution in [2.45, 2.75) is 57.4 Å². The van der Waals surface area contributed by atoms with Gasteiger partial charge in [0.1, 0.15) is 11.5 Å². The van der Waals surface area contributed by atoms with Crippen molar-refractivity contribution in [3.63, 3.8) is 0 Å². The van der Waals surface area contributed by atoms with Crippen molar-refractivity contribution in [3.05, 3.63) is 24.3 Å². The third-order valence-corrected chi connectivity index (χ3v) is 5.53. The second-order valence-electron chi connectivity index (χ2n) is 7.16. The molecular weight excluding hydrogens is 302 g/mol. The lowest BCUT2D eigenvalue weighted by atomic mass is 9.79. The van der Waals surface area contributed by atoms with E-state index in [1.54, 1.807) is 7.11 Å². The van der Waals surface area contributed by atoms with Crippen LogP contribution < -0.4 is 14.8 Å². The third-order valence-electron chi connectivity index (χ3n) is 5.53. The first-order chi connectivity index (χ1) is 11.7. The molecule has 0 radical (unpaired) electrons. The standard InChI is InChI=1S/C20H29NO3/c1-23-18-9-11-19(12-10-18)24-13-3-6-20(22)21-17-8-7-15-4-2-5-16(15)14-17/h9-12,15-17H,2-8,13-14H2,1H3,(H,21,22). The lowest BCUT2D eigenvalue weighted by molar-refractivity contribution is -0.122. The number of ether oxygens (including phenoxy) is 2. The molecule has 4 heteroatoms. The van der Waals surface area contributed by atoms with Crippen LogP contribution in [0.5, 0.6) is 11.5 Å². The number of amides is 1. The van der Waals surface area contributed by atoms with Crippen molar-refractivity contribution in [2.75, 3.05) is 13.7 Å². The van der Waals surface area contributed by atoms with Gasteiger partial charge in [-0.05, 0) is 61.8 Å². The number of nitrogens with one attached hydrogen (secondary N) is 1. The Morgan fingerprint density at radius 2 is 1.83 bits per heavy atom. The molecule has 2 aliphatic rings. The van der Waals surface area contributed by atoms with Crippen LogP contribution in [0, 0.1) is 11.8 Å². The molecule has 2 fully saturated rings. The lowest BCUT2D eigenvalue weighted by Gasteiger charge is -2.32. The van der Waals surface area contributed by atoms with Crippen molar-refractivity contribution in [2.24, 2.45) is 11.8 Å².